The highest BCUT2D eigenvalue weighted by Gasteiger charge is 2.20. The third-order valence-electron chi connectivity index (χ3n) is 3.45. The summed E-state index contributed by atoms with van der Waals surface area (Å²) in [6, 6.07) is 6.34. The first-order valence-corrected chi connectivity index (χ1v) is 8.84. The number of hydrogen-bond acceptors (Lipinski definition) is 3. The average Bonchev–Trinajstić information content (AvgIpc) is 2.88. The van der Waals surface area contributed by atoms with E-state index in [9.17, 15) is 0 Å². The minimum Gasteiger partial charge on any atom is -0.309 e. The van der Waals surface area contributed by atoms with Crippen LogP contribution in [-0.2, 0) is 6.42 Å². The molecule has 2 aromatic rings. The summed E-state index contributed by atoms with van der Waals surface area (Å²) in [5, 5.41) is 12.3. The van der Waals surface area contributed by atoms with Crippen molar-refractivity contribution in [1.82, 2.24) is 20.3 Å². The number of rotatable bonds is 6. The number of hydrogen-bond donors (Lipinski definition) is 1. The van der Waals surface area contributed by atoms with Gasteiger partial charge in [-0.25, -0.2) is 4.68 Å². The van der Waals surface area contributed by atoms with Crippen LogP contribution in [0.25, 0.3) is 5.69 Å². The molecular formula is C15H20Br2N4. The summed E-state index contributed by atoms with van der Waals surface area (Å²) in [6.07, 6.45) is 1.90. The summed E-state index contributed by atoms with van der Waals surface area (Å²) in [4.78, 5) is 0. The van der Waals surface area contributed by atoms with Crippen molar-refractivity contribution in [1.29, 1.82) is 0 Å². The van der Waals surface area contributed by atoms with E-state index in [0.29, 0.717) is 0 Å². The molecule has 6 heteroatoms. The Bertz CT molecular complexity index is 610. The van der Waals surface area contributed by atoms with Gasteiger partial charge < -0.3 is 5.32 Å². The van der Waals surface area contributed by atoms with E-state index in [4.69, 9.17) is 0 Å². The average molecular weight is 416 g/mol. The highest BCUT2D eigenvalue weighted by molar-refractivity contribution is 9.11. The fourth-order valence-electron chi connectivity index (χ4n) is 2.44. The number of nitrogens with one attached hydrogen (secondary N) is 1. The first kappa shape index (κ1) is 16.6. The second-order valence-corrected chi connectivity index (χ2v) is 6.57. The van der Waals surface area contributed by atoms with Gasteiger partial charge in [0.2, 0.25) is 0 Å². The van der Waals surface area contributed by atoms with Crippen LogP contribution in [0.1, 0.15) is 44.6 Å². The number of aromatic nitrogens is 3. The topological polar surface area (TPSA) is 42.7 Å². The zero-order valence-corrected chi connectivity index (χ0v) is 15.7. The molecule has 0 fully saturated rings. The summed E-state index contributed by atoms with van der Waals surface area (Å²) in [5.74, 6) is 0. The van der Waals surface area contributed by atoms with Gasteiger partial charge in [-0.1, -0.05) is 41.9 Å². The van der Waals surface area contributed by atoms with E-state index in [0.717, 1.165) is 45.4 Å². The molecule has 1 heterocycles. The Morgan fingerprint density at radius 2 is 2.00 bits per heavy atom. The van der Waals surface area contributed by atoms with Crippen molar-refractivity contribution in [3.63, 3.8) is 0 Å². The lowest BCUT2D eigenvalue weighted by Gasteiger charge is -2.15. The Morgan fingerprint density at radius 1 is 1.24 bits per heavy atom. The predicted octanol–water partition coefficient (Wildman–Crippen LogP) is 4.42. The molecule has 21 heavy (non-hydrogen) atoms. The van der Waals surface area contributed by atoms with Crippen LogP contribution in [0.15, 0.2) is 27.1 Å². The van der Waals surface area contributed by atoms with Crippen molar-refractivity contribution in [2.45, 2.75) is 39.7 Å². The predicted molar refractivity (Wildman–Crippen MR) is 92.8 cm³/mol. The van der Waals surface area contributed by atoms with Crippen LogP contribution in [0.4, 0.5) is 0 Å². The lowest BCUT2D eigenvalue weighted by Crippen LogP contribution is -2.21. The van der Waals surface area contributed by atoms with Crippen LogP contribution in [0.5, 0.6) is 0 Å². The Hall–Kier alpha value is -0.720. The van der Waals surface area contributed by atoms with E-state index in [2.05, 4.69) is 68.3 Å². The maximum Gasteiger partial charge on any atom is 0.103 e. The molecule has 1 aromatic heterocycles. The van der Waals surface area contributed by atoms with E-state index in [1.807, 2.05) is 22.9 Å². The van der Waals surface area contributed by atoms with Crippen LogP contribution in [-0.4, -0.2) is 21.5 Å². The quantitative estimate of drug-likeness (QED) is 0.759. The number of nitrogens with zero attached hydrogens (tertiary/aromatic N) is 3. The number of benzene rings is 1. The maximum atomic E-state index is 4.43. The zero-order chi connectivity index (χ0) is 15.4. The second kappa shape index (κ2) is 7.51. The molecule has 0 saturated carbocycles. The molecule has 0 bridgehead atoms. The minimum atomic E-state index is 0.257. The summed E-state index contributed by atoms with van der Waals surface area (Å²) in [6.45, 7) is 7.35. The maximum absolute atomic E-state index is 4.43. The summed E-state index contributed by atoms with van der Waals surface area (Å²) >= 11 is 7.09. The molecule has 4 nitrogen and oxygen atoms in total. The molecule has 1 N–H and O–H groups in total. The van der Waals surface area contributed by atoms with Gasteiger partial charge in [-0.2, -0.15) is 0 Å². The Balaban J connectivity index is 2.48. The third kappa shape index (κ3) is 3.55. The molecule has 0 aliphatic heterocycles. The third-order valence-corrected chi connectivity index (χ3v) is 4.58. The van der Waals surface area contributed by atoms with E-state index >= 15 is 0 Å². The molecule has 0 spiro atoms. The Labute approximate surface area is 142 Å². The normalized spacial score (nSPS) is 12.6. The van der Waals surface area contributed by atoms with Gasteiger partial charge in [0.15, 0.2) is 0 Å². The van der Waals surface area contributed by atoms with Crippen molar-refractivity contribution in [3.8, 4) is 5.69 Å². The Kier molecular flexibility index (Phi) is 5.96. The molecule has 114 valence electrons. The molecule has 0 saturated heterocycles. The minimum absolute atomic E-state index is 0.257. The first-order valence-electron chi connectivity index (χ1n) is 7.25. The fourth-order valence-corrected chi connectivity index (χ4v) is 3.66. The molecule has 1 unspecified atom stereocenters. The number of halogens is 2. The fraction of sp³-hybridized carbons (Fsp3) is 0.467. The van der Waals surface area contributed by atoms with Gasteiger partial charge in [0.1, 0.15) is 5.69 Å². The molecule has 1 aromatic carbocycles. The molecule has 1 atom stereocenters. The van der Waals surface area contributed by atoms with Gasteiger partial charge in [-0.3, -0.25) is 0 Å². The van der Waals surface area contributed by atoms with Gasteiger partial charge in [-0.15, -0.1) is 5.10 Å². The van der Waals surface area contributed by atoms with Crippen LogP contribution < -0.4 is 5.32 Å². The van der Waals surface area contributed by atoms with E-state index < -0.39 is 0 Å². The van der Waals surface area contributed by atoms with Crippen LogP contribution in [0, 0.1) is 0 Å². The summed E-state index contributed by atoms with van der Waals surface area (Å²) in [7, 11) is 0. The van der Waals surface area contributed by atoms with E-state index in [1.165, 1.54) is 0 Å². The van der Waals surface area contributed by atoms with Crippen LogP contribution in [0.3, 0.4) is 0 Å². The van der Waals surface area contributed by atoms with Gasteiger partial charge in [-0.05, 0) is 53.5 Å². The van der Waals surface area contributed by atoms with E-state index in [-0.39, 0.29) is 6.04 Å². The van der Waals surface area contributed by atoms with Crippen molar-refractivity contribution < 1.29 is 0 Å². The molecule has 0 radical (unpaired) electrons. The standard InChI is InChI=1S/C15H20Br2N4/c1-4-12(18-6-3)15-13(5-2)21(20-19-15)14-8-7-10(16)9-11(14)17/h7-9,12,18H,4-6H2,1-3H3. The van der Waals surface area contributed by atoms with Crippen molar-refractivity contribution in [2.75, 3.05) is 6.54 Å². The lowest BCUT2D eigenvalue weighted by atomic mass is 10.1. The second-order valence-electron chi connectivity index (χ2n) is 4.80. The largest absolute Gasteiger partial charge is 0.309 e. The molecule has 0 aliphatic carbocycles. The van der Waals surface area contributed by atoms with Crippen molar-refractivity contribution in [2.24, 2.45) is 0 Å². The highest BCUT2D eigenvalue weighted by Crippen LogP contribution is 2.28. The molecule has 0 aliphatic rings. The highest BCUT2D eigenvalue weighted by atomic mass is 79.9. The van der Waals surface area contributed by atoms with Gasteiger partial charge >= 0.3 is 0 Å². The van der Waals surface area contributed by atoms with Crippen molar-refractivity contribution >= 4 is 31.9 Å². The summed E-state index contributed by atoms with van der Waals surface area (Å²) < 4.78 is 3.97. The SMILES string of the molecule is CCNC(CC)c1nnn(-c2ccc(Br)cc2Br)c1CC. The molecule has 2 rings (SSSR count). The van der Waals surface area contributed by atoms with Gasteiger partial charge in [0.25, 0.3) is 0 Å². The van der Waals surface area contributed by atoms with Gasteiger partial charge in [0, 0.05) is 8.95 Å². The lowest BCUT2D eigenvalue weighted by molar-refractivity contribution is 0.520. The summed E-state index contributed by atoms with van der Waals surface area (Å²) in [5.41, 5.74) is 3.22. The first-order chi connectivity index (χ1) is 10.1. The molecular weight excluding hydrogens is 396 g/mol. The van der Waals surface area contributed by atoms with Crippen molar-refractivity contribution in [3.05, 3.63) is 38.5 Å². The molecule has 0 amide bonds. The smallest absolute Gasteiger partial charge is 0.103 e. The zero-order valence-electron chi connectivity index (χ0n) is 12.5. The van der Waals surface area contributed by atoms with Crippen LogP contribution >= 0.6 is 31.9 Å². The van der Waals surface area contributed by atoms with Gasteiger partial charge in [0.05, 0.1) is 17.4 Å². The van der Waals surface area contributed by atoms with Crippen LogP contribution in [0.2, 0.25) is 0 Å². The van der Waals surface area contributed by atoms with E-state index in [1.54, 1.807) is 0 Å². The Morgan fingerprint density at radius 3 is 2.57 bits per heavy atom. The monoisotopic (exact) mass is 414 g/mol.